The van der Waals surface area contributed by atoms with E-state index in [2.05, 4.69) is 40.7 Å². The van der Waals surface area contributed by atoms with Crippen LogP contribution >= 0.6 is 57.4 Å². The molecule has 1 aromatic rings. The van der Waals surface area contributed by atoms with Gasteiger partial charge >= 0.3 is 0 Å². The van der Waals surface area contributed by atoms with Crippen LogP contribution in [0.15, 0.2) is 42.4 Å². The van der Waals surface area contributed by atoms with Gasteiger partial charge in [0.2, 0.25) is 3.79 Å². The van der Waals surface area contributed by atoms with Gasteiger partial charge < -0.3 is 5.73 Å². The van der Waals surface area contributed by atoms with E-state index in [9.17, 15) is 0 Å². The zero-order valence-electron chi connectivity index (χ0n) is 10.7. The van der Waals surface area contributed by atoms with Crippen LogP contribution in [0.1, 0.15) is 11.1 Å². The van der Waals surface area contributed by atoms with Gasteiger partial charge in [0.1, 0.15) is 0 Å². The lowest BCUT2D eigenvalue weighted by Gasteiger charge is -2.14. The van der Waals surface area contributed by atoms with E-state index < -0.39 is 3.79 Å². The van der Waals surface area contributed by atoms with E-state index in [1.165, 1.54) is 0 Å². The van der Waals surface area contributed by atoms with Crippen molar-refractivity contribution in [3.63, 3.8) is 0 Å². The summed E-state index contributed by atoms with van der Waals surface area (Å²) in [4.78, 5) is 4.31. The summed E-state index contributed by atoms with van der Waals surface area (Å²) in [6.07, 6.45) is 4.92. The van der Waals surface area contributed by atoms with Crippen molar-refractivity contribution in [2.24, 2.45) is 10.7 Å². The Labute approximate surface area is 147 Å². The van der Waals surface area contributed by atoms with Crippen molar-refractivity contribution >= 4 is 68.9 Å². The summed E-state index contributed by atoms with van der Waals surface area (Å²) in [6.45, 7) is 7.50. The minimum absolute atomic E-state index is 0.0562. The molecule has 0 aliphatic heterocycles. The fraction of sp³-hybridized carbons (Fsp3) is 0.214. The van der Waals surface area contributed by atoms with Crippen LogP contribution in [0.4, 0.5) is 5.69 Å². The Morgan fingerprint density at radius 3 is 2.00 bits per heavy atom. The quantitative estimate of drug-likeness (QED) is 0.222. The van der Waals surface area contributed by atoms with E-state index >= 15 is 0 Å². The molecular formula is C14H14Cl3IN2. The van der Waals surface area contributed by atoms with Crippen LogP contribution in [0, 0.1) is 3.57 Å². The van der Waals surface area contributed by atoms with Gasteiger partial charge in [-0.05, 0) is 58.7 Å². The Morgan fingerprint density at radius 1 is 1.20 bits per heavy atom. The molecule has 0 spiro atoms. The summed E-state index contributed by atoms with van der Waals surface area (Å²) in [7, 11) is 0. The number of amidine groups is 1. The van der Waals surface area contributed by atoms with Gasteiger partial charge in [0.15, 0.2) is 5.84 Å². The SMILES string of the molecule is C=CCc1cc(I)cc(CC=C)c1N=C(N)C(Cl)(Cl)Cl. The van der Waals surface area contributed by atoms with Crippen LogP contribution in [-0.2, 0) is 12.8 Å². The zero-order valence-corrected chi connectivity index (χ0v) is 15.1. The molecule has 2 nitrogen and oxygen atoms in total. The molecule has 0 radical (unpaired) electrons. The first-order valence-electron chi connectivity index (χ1n) is 5.74. The Kier molecular flexibility index (Phi) is 6.85. The van der Waals surface area contributed by atoms with Crippen molar-refractivity contribution < 1.29 is 0 Å². The molecular weight excluding hydrogens is 429 g/mol. The summed E-state index contributed by atoms with van der Waals surface area (Å²) in [6, 6.07) is 4.03. The predicted octanol–water partition coefficient (Wildman–Crippen LogP) is 5.11. The number of hydrogen-bond donors (Lipinski definition) is 1. The topological polar surface area (TPSA) is 38.4 Å². The highest BCUT2D eigenvalue weighted by Crippen LogP contribution is 2.32. The first-order chi connectivity index (χ1) is 9.29. The van der Waals surface area contributed by atoms with Crippen LogP contribution in [0.5, 0.6) is 0 Å². The zero-order chi connectivity index (χ0) is 15.3. The average molecular weight is 444 g/mol. The molecule has 0 bridgehead atoms. The highest BCUT2D eigenvalue weighted by molar-refractivity contribution is 14.1. The number of benzene rings is 1. The van der Waals surface area contributed by atoms with Crippen LogP contribution in [0.2, 0.25) is 0 Å². The summed E-state index contributed by atoms with van der Waals surface area (Å²) in [5.41, 5.74) is 8.44. The maximum Gasteiger partial charge on any atom is 0.247 e. The molecule has 0 aliphatic rings. The molecule has 0 aromatic heterocycles. The third-order valence-corrected chi connectivity index (χ3v) is 3.69. The molecule has 0 heterocycles. The van der Waals surface area contributed by atoms with Crippen LogP contribution in [0.3, 0.4) is 0 Å². The molecule has 2 N–H and O–H groups in total. The predicted molar refractivity (Wildman–Crippen MR) is 98.5 cm³/mol. The number of rotatable bonds is 5. The third-order valence-electron chi connectivity index (χ3n) is 2.48. The number of allylic oxidation sites excluding steroid dienone is 2. The molecule has 6 heteroatoms. The second kappa shape index (κ2) is 7.69. The first kappa shape index (κ1) is 17.8. The van der Waals surface area contributed by atoms with E-state index in [4.69, 9.17) is 40.5 Å². The van der Waals surface area contributed by atoms with Crippen molar-refractivity contribution in [2.75, 3.05) is 0 Å². The molecule has 1 aromatic carbocycles. The van der Waals surface area contributed by atoms with Gasteiger partial charge in [-0.2, -0.15) is 0 Å². The van der Waals surface area contributed by atoms with Gasteiger partial charge in [-0.3, -0.25) is 0 Å². The largest absolute Gasteiger partial charge is 0.384 e. The second-order valence-electron chi connectivity index (χ2n) is 4.05. The Hall–Kier alpha value is -0.230. The van der Waals surface area contributed by atoms with E-state index in [-0.39, 0.29) is 5.84 Å². The minimum atomic E-state index is -1.72. The number of nitrogens with two attached hydrogens (primary N) is 1. The Bertz CT molecular complexity index is 517. The van der Waals surface area contributed by atoms with Gasteiger partial charge in [0, 0.05) is 3.57 Å². The Balaban J connectivity index is 3.47. The monoisotopic (exact) mass is 442 g/mol. The van der Waals surface area contributed by atoms with Gasteiger partial charge in [0.05, 0.1) is 5.69 Å². The van der Waals surface area contributed by atoms with E-state index in [1.807, 2.05) is 12.1 Å². The summed E-state index contributed by atoms with van der Waals surface area (Å²) < 4.78 is -0.623. The number of aliphatic imine (C=N–C) groups is 1. The van der Waals surface area contributed by atoms with Gasteiger partial charge in [-0.15, -0.1) is 13.2 Å². The van der Waals surface area contributed by atoms with Gasteiger partial charge in [-0.25, -0.2) is 4.99 Å². The molecule has 0 amide bonds. The van der Waals surface area contributed by atoms with Crippen molar-refractivity contribution in [3.8, 4) is 0 Å². The fourth-order valence-corrected chi connectivity index (χ4v) is 2.55. The van der Waals surface area contributed by atoms with E-state index in [0.717, 1.165) is 14.7 Å². The smallest absolute Gasteiger partial charge is 0.247 e. The van der Waals surface area contributed by atoms with E-state index in [1.54, 1.807) is 12.2 Å². The molecule has 0 aliphatic carbocycles. The lowest BCUT2D eigenvalue weighted by molar-refractivity contribution is 1.17. The van der Waals surface area contributed by atoms with Crippen molar-refractivity contribution in [1.29, 1.82) is 0 Å². The minimum Gasteiger partial charge on any atom is -0.384 e. The number of nitrogens with zero attached hydrogens (tertiary/aromatic N) is 1. The van der Waals surface area contributed by atoms with Crippen molar-refractivity contribution in [3.05, 3.63) is 52.1 Å². The average Bonchev–Trinajstić information content (AvgIpc) is 2.32. The highest BCUT2D eigenvalue weighted by atomic mass is 127. The molecule has 0 atom stereocenters. The number of alkyl halides is 3. The normalized spacial score (nSPS) is 12.3. The van der Waals surface area contributed by atoms with Crippen LogP contribution in [0.25, 0.3) is 0 Å². The molecule has 0 saturated heterocycles. The van der Waals surface area contributed by atoms with Gasteiger partial charge in [-0.1, -0.05) is 47.0 Å². The van der Waals surface area contributed by atoms with Gasteiger partial charge in [0.25, 0.3) is 0 Å². The molecule has 20 heavy (non-hydrogen) atoms. The third kappa shape index (κ3) is 4.95. The lowest BCUT2D eigenvalue weighted by Crippen LogP contribution is -2.28. The molecule has 108 valence electrons. The van der Waals surface area contributed by atoms with E-state index in [0.29, 0.717) is 18.5 Å². The van der Waals surface area contributed by atoms with Crippen LogP contribution in [-0.4, -0.2) is 9.63 Å². The number of hydrogen-bond acceptors (Lipinski definition) is 1. The number of halogens is 4. The standard InChI is InChI=1S/C14H14Cl3IN2/c1-3-5-9-7-11(18)8-10(6-4-2)12(9)20-13(19)14(15,16)17/h3-4,7-8H,1-2,5-6H2,(H2,19,20). The fourth-order valence-electron chi connectivity index (χ4n) is 1.67. The first-order valence-corrected chi connectivity index (χ1v) is 7.95. The summed E-state index contributed by atoms with van der Waals surface area (Å²) in [5, 5.41) is 0. The maximum absolute atomic E-state index is 5.76. The van der Waals surface area contributed by atoms with Crippen molar-refractivity contribution in [2.45, 2.75) is 16.6 Å². The molecule has 0 saturated carbocycles. The molecule has 0 fully saturated rings. The lowest BCUT2D eigenvalue weighted by atomic mass is 10.0. The molecule has 1 rings (SSSR count). The van der Waals surface area contributed by atoms with Crippen molar-refractivity contribution in [1.82, 2.24) is 0 Å². The van der Waals surface area contributed by atoms with Crippen LogP contribution < -0.4 is 5.73 Å². The Morgan fingerprint density at radius 2 is 1.65 bits per heavy atom. The highest BCUT2D eigenvalue weighted by Gasteiger charge is 2.26. The second-order valence-corrected chi connectivity index (χ2v) is 7.58. The maximum atomic E-state index is 5.76. The summed E-state index contributed by atoms with van der Waals surface area (Å²) >= 11 is 19.5. The molecule has 0 unspecified atom stereocenters. The summed E-state index contributed by atoms with van der Waals surface area (Å²) in [5.74, 6) is -0.0562.